The van der Waals surface area contributed by atoms with Gasteiger partial charge in [-0.2, -0.15) is 0 Å². The summed E-state index contributed by atoms with van der Waals surface area (Å²) in [7, 11) is 0. The largest absolute Gasteiger partial charge is 0.302 e. The van der Waals surface area contributed by atoms with E-state index in [-0.39, 0.29) is 30.1 Å². The van der Waals surface area contributed by atoms with Crippen molar-refractivity contribution in [2.24, 2.45) is 5.92 Å². The van der Waals surface area contributed by atoms with Crippen molar-refractivity contribution >= 4 is 50.1 Å². The molecule has 134 valence electrons. The normalized spacial score (nSPS) is 16.5. The van der Waals surface area contributed by atoms with Crippen LogP contribution in [0.15, 0.2) is 42.5 Å². The Hall–Kier alpha value is -3.06. The van der Waals surface area contributed by atoms with Crippen LogP contribution in [0.25, 0.3) is 10.2 Å². The molecular formula is C20H15N3O3S. The molecule has 7 heteroatoms. The molecule has 0 spiro atoms. The first kappa shape index (κ1) is 16.1. The van der Waals surface area contributed by atoms with Gasteiger partial charge in [0, 0.05) is 11.5 Å². The van der Waals surface area contributed by atoms with E-state index in [0.29, 0.717) is 16.4 Å². The van der Waals surface area contributed by atoms with Crippen LogP contribution in [0.2, 0.25) is 0 Å². The molecule has 3 amide bonds. The highest BCUT2D eigenvalue weighted by molar-refractivity contribution is 7.22. The maximum atomic E-state index is 12.8. The number of fused-ring (bicyclic) bond motifs is 2. The third kappa shape index (κ3) is 2.80. The second kappa shape index (κ2) is 5.99. The Bertz CT molecular complexity index is 1120. The zero-order valence-corrected chi connectivity index (χ0v) is 15.1. The van der Waals surface area contributed by atoms with Crippen molar-refractivity contribution in [2.75, 3.05) is 10.2 Å². The Kier molecular flexibility index (Phi) is 3.58. The van der Waals surface area contributed by atoms with Crippen molar-refractivity contribution in [3.8, 4) is 0 Å². The van der Waals surface area contributed by atoms with E-state index < -0.39 is 0 Å². The fourth-order valence-corrected chi connectivity index (χ4v) is 4.18. The number of amides is 3. The Morgan fingerprint density at radius 2 is 1.96 bits per heavy atom. The molecule has 0 radical (unpaired) electrons. The Labute approximate surface area is 158 Å². The van der Waals surface area contributed by atoms with Gasteiger partial charge in [-0.3, -0.25) is 14.4 Å². The van der Waals surface area contributed by atoms with Crippen LogP contribution >= 0.6 is 11.3 Å². The van der Waals surface area contributed by atoms with Crippen molar-refractivity contribution in [1.82, 2.24) is 4.98 Å². The summed E-state index contributed by atoms with van der Waals surface area (Å²) < 4.78 is 0.818. The van der Waals surface area contributed by atoms with Crippen LogP contribution in [-0.2, 0) is 16.0 Å². The number of nitrogens with one attached hydrogen (secondary N) is 1. The Morgan fingerprint density at radius 1 is 1.15 bits per heavy atom. The lowest BCUT2D eigenvalue weighted by Gasteiger charge is -2.26. The number of thiazole rings is 1. The summed E-state index contributed by atoms with van der Waals surface area (Å²) in [5, 5.41) is 3.39. The molecule has 0 unspecified atom stereocenters. The zero-order chi connectivity index (χ0) is 18.5. The van der Waals surface area contributed by atoms with Gasteiger partial charge in [0.05, 0.1) is 22.3 Å². The van der Waals surface area contributed by atoms with E-state index in [0.717, 1.165) is 28.6 Å². The highest BCUT2D eigenvalue weighted by atomic mass is 32.1. The zero-order valence-electron chi connectivity index (χ0n) is 14.3. The van der Waals surface area contributed by atoms with Gasteiger partial charge >= 0.3 is 0 Å². The van der Waals surface area contributed by atoms with Crippen LogP contribution < -0.4 is 10.2 Å². The van der Waals surface area contributed by atoms with Gasteiger partial charge in [0.1, 0.15) is 0 Å². The molecule has 0 saturated heterocycles. The maximum absolute atomic E-state index is 12.8. The van der Waals surface area contributed by atoms with Crippen LogP contribution in [-0.4, -0.2) is 22.7 Å². The molecular weight excluding hydrogens is 362 g/mol. The molecule has 0 atom stereocenters. The van der Waals surface area contributed by atoms with Crippen LogP contribution in [0, 0.1) is 5.92 Å². The summed E-state index contributed by atoms with van der Waals surface area (Å²) in [4.78, 5) is 43.0. The van der Waals surface area contributed by atoms with Crippen molar-refractivity contribution in [1.29, 1.82) is 0 Å². The average molecular weight is 377 g/mol. The van der Waals surface area contributed by atoms with E-state index in [1.165, 1.54) is 16.2 Å². The first-order valence-electron chi connectivity index (χ1n) is 8.77. The van der Waals surface area contributed by atoms with Crippen LogP contribution in [0.1, 0.15) is 28.8 Å². The summed E-state index contributed by atoms with van der Waals surface area (Å²) >= 11 is 1.34. The summed E-state index contributed by atoms with van der Waals surface area (Å²) in [5.74, 6) is -0.443. The molecule has 3 aromatic rings. The van der Waals surface area contributed by atoms with Gasteiger partial charge in [-0.1, -0.05) is 29.5 Å². The molecule has 5 rings (SSSR count). The van der Waals surface area contributed by atoms with E-state index in [2.05, 4.69) is 10.3 Å². The van der Waals surface area contributed by atoms with Gasteiger partial charge < -0.3 is 5.32 Å². The minimum absolute atomic E-state index is 0.00673. The smallest absolute Gasteiger partial charge is 0.265 e. The van der Waals surface area contributed by atoms with E-state index in [4.69, 9.17) is 0 Å². The number of anilines is 2. The summed E-state index contributed by atoms with van der Waals surface area (Å²) in [6.45, 7) is 0. The molecule has 2 aliphatic rings. The Morgan fingerprint density at radius 3 is 2.78 bits per heavy atom. The van der Waals surface area contributed by atoms with Gasteiger partial charge in [0.2, 0.25) is 11.8 Å². The SMILES string of the molecule is O=C(Nc1nc2ccc(N3C(=O)Cc4ccccc4C3=O)cc2s1)C1CC1. The number of rotatable bonds is 3. The van der Waals surface area contributed by atoms with E-state index in [9.17, 15) is 14.4 Å². The van der Waals surface area contributed by atoms with Gasteiger partial charge in [-0.15, -0.1) is 0 Å². The van der Waals surface area contributed by atoms with Gasteiger partial charge in [-0.05, 0) is 42.7 Å². The lowest BCUT2D eigenvalue weighted by Crippen LogP contribution is -2.42. The van der Waals surface area contributed by atoms with E-state index in [1.807, 2.05) is 12.1 Å². The van der Waals surface area contributed by atoms with Gasteiger partial charge in [0.15, 0.2) is 5.13 Å². The van der Waals surface area contributed by atoms with Crippen molar-refractivity contribution in [3.05, 3.63) is 53.6 Å². The van der Waals surface area contributed by atoms with Gasteiger partial charge in [0.25, 0.3) is 5.91 Å². The number of carbonyl (C=O) groups is 3. The second-order valence-electron chi connectivity index (χ2n) is 6.80. The van der Waals surface area contributed by atoms with Gasteiger partial charge in [-0.25, -0.2) is 9.88 Å². The summed E-state index contributed by atoms with van der Waals surface area (Å²) in [6.07, 6.45) is 2.06. The highest BCUT2D eigenvalue weighted by Crippen LogP contribution is 2.34. The molecule has 6 nitrogen and oxygen atoms in total. The van der Waals surface area contributed by atoms with Crippen LogP contribution in [0.5, 0.6) is 0 Å². The number of hydrogen-bond donors (Lipinski definition) is 1. The van der Waals surface area contributed by atoms with Crippen molar-refractivity contribution in [3.63, 3.8) is 0 Å². The number of hydrogen-bond acceptors (Lipinski definition) is 5. The summed E-state index contributed by atoms with van der Waals surface area (Å²) in [6, 6.07) is 12.5. The second-order valence-corrected chi connectivity index (χ2v) is 7.83. The van der Waals surface area contributed by atoms with Crippen LogP contribution in [0.4, 0.5) is 10.8 Å². The maximum Gasteiger partial charge on any atom is 0.265 e. The lowest BCUT2D eigenvalue weighted by molar-refractivity contribution is -0.118. The van der Waals surface area contributed by atoms with Crippen molar-refractivity contribution in [2.45, 2.75) is 19.3 Å². The van der Waals surface area contributed by atoms with E-state index in [1.54, 1.807) is 30.3 Å². The topological polar surface area (TPSA) is 79.4 Å². The highest BCUT2D eigenvalue weighted by Gasteiger charge is 2.32. The summed E-state index contributed by atoms with van der Waals surface area (Å²) in [5.41, 5.74) is 2.56. The number of aromatic nitrogens is 1. The Balaban J connectivity index is 1.48. The molecule has 0 bridgehead atoms. The number of imide groups is 1. The third-order valence-corrected chi connectivity index (χ3v) is 5.78. The molecule has 1 fully saturated rings. The minimum Gasteiger partial charge on any atom is -0.302 e. The average Bonchev–Trinajstić information content (AvgIpc) is 3.43. The predicted molar refractivity (Wildman–Crippen MR) is 103 cm³/mol. The molecule has 2 aromatic carbocycles. The standard InChI is InChI=1S/C20H15N3O3S/c24-17-9-12-3-1-2-4-14(12)19(26)23(17)13-7-8-15-16(10-13)27-20(21-15)22-18(25)11-5-6-11/h1-4,7-8,10-11H,5-6,9H2,(H,21,22,25). The monoisotopic (exact) mass is 377 g/mol. The molecule has 27 heavy (non-hydrogen) atoms. The first-order chi connectivity index (χ1) is 13.1. The molecule has 1 aliphatic carbocycles. The fraction of sp³-hybridized carbons (Fsp3) is 0.200. The number of carbonyl (C=O) groups excluding carboxylic acids is 3. The molecule has 1 aliphatic heterocycles. The van der Waals surface area contributed by atoms with E-state index >= 15 is 0 Å². The molecule has 1 saturated carbocycles. The first-order valence-corrected chi connectivity index (χ1v) is 9.58. The fourth-order valence-electron chi connectivity index (χ4n) is 3.28. The molecule has 2 heterocycles. The predicted octanol–water partition coefficient (Wildman–Crippen LogP) is 3.37. The molecule has 1 aromatic heterocycles. The number of nitrogens with zero attached hydrogens (tertiary/aromatic N) is 2. The molecule has 1 N–H and O–H groups in total. The lowest BCUT2D eigenvalue weighted by atomic mass is 9.98. The minimum atomic E-state index is -0.312. The quantitative estimate of drug-likeness (QED) is 0.710. The van der Waals surface area contributed by atoms with Crippen LogP contribution in [0.3, 0.4) is 0 Å². The third-order valence-electron chi connectivity index (χ3n) is 4.85. The van der Waals surface area contributed by atoms with Crippen molar-refractivity contribution < 1.29 is 14.4 Å². The number of benzene rings is 2.